The lowest BCUT2D eigenvalue weighted by Crippen LogP contribution is -2.51. The SMILES string of the molecule is CC1CCCCN1S(=O)(=O)N1CCC(C=O)CC1. The summed E-state index contributed by atoms with van der Waals surface area (Å²) in [5.41, 5.74) is 0. The third-order valence-corrected chi connectivity index (χ3v) is 6.21. The Balaban J connectivity index is 2.04. The number of carbonyl (C=O) groups excluding carboxylic acids is 1. The van der Waals surface area contributed by atoms with Crippen molar-refractivity contribution < 1.29 is 13.2 Å². The molecule has 2 saturated heterocycles. The molecule has 2 aliphatic heterocycles. The first-order valence-corrected chi connectivity index (χ1v) is 8.17. The molecule has 0 aromatic rings. The molecule has 2 fully saturated rings. The van der Waals surface area contributed by atoms with Crippen LogP contribution in [0.15, 0.2) is 0 Å². The van der Waals surface area contributed by atoms with Crippen molar-refractivity contribution in [3.8, 4) is 0 Å². The van der Waals surface area contributed by atoms with Crippen molar-refractivity contribution in [3.05, 3.63) is 0 Å². The van der Waals surface area contributed by atoms with E-state index in [2.05, 4.69) is 0 Å². The Bertz CT molecular complexity index is 388. The summed E-state index contributed by atoms with van der Waals surface area (Å²) in [6, 6.07) is 0.104. The second-order valence-corrected chi connectivity index (χ2v) is 7.22. The van der Waals surface area contributed by atoms with E-state index in [0.717, 1.165) is 25.5 Å². The van der Waals surface area contributed by atoms with Gasteiger partial charge in [0.15, 0.2) is 0 Å². The first-order valence-electron chi connectivity index (χ1n) is 6.78. The highest BCUT2D eigenvalue weighted by Gasteiger charge is 2.36. The summed E-state index contributed by atoms with van der Waals surface area (Å²) in [7, 11) is -3.32. The molecule has 0 spiro atoms. The number of aldehydes is 1. The number of rotatable bonds is 3. The maximum atomic E-state index is 12.5. The third kappa shape index (κ3) is 2.75. The molecule has 0 saturated carbocycles. The van der Waals surface area contributed by atoms with Crippen LogP contribution in [-0.2, 0) is 15.0 Å². The number of piperidine rings is 2. The van der Waals surface area contributed by atoms with Crippen LogP contribution >= 0.6 is 0 Å². The number of nitrogens with zero attached hydrogens (tertiary/aromatic N) is 2. The number of carbonyl (C=O) groups is 1. The Morgan fingerprint density at radius 1 is 1.06 bits per heavy atom. The average molecular weight is 274 g/mol. The van der Waals surface area contributed by atoms with Gasteiger partial charge in [-0.15, -0.1) is 0 Å². The highest BCUT2D eigenvalue weighted by molar-refractivity contribution is 7.86. The average Bonchev–Trinajstić information content (AvgIpc) is 2.39. The molecule has 0 aromatic heterocycles. The van der Waals surface area contributed by atoms with E-state index in [-0.39, 0.29) is 12.0 Å². The quantitative estimate of drug-likeness (QED) is 0.722. The van der Waals surface area contributed by atoms with Crippen LogP contribution in [0.5, 0.6) is 0 Å². The monoisotopic (exact) mass is 274 g/mol. The van der Waals surface area contributed by atoms with E-state index in [9.17, 15) is 13.2 Å². The van der Waals surface area contributed by atoms with Crippen molar-refractivity contribution in [3.63, 3.8) is 0 Å². The van der Waals surface area contributed by atoms with Crippen molar-refractivity contribution in [2.24, 2.45) is 5.92 Å². The lowest BCUT2D eigenvalue weighted by atomic mass is 10.0. The van der Waals surface area contributed by atoms with E-state index in [1.807, 2.05) is 6.92 Å². The fourth-order valence-corrected chi connectivity index (χ4v) is 4.69. The van der Waals surface area contributed by atoms with Crippen molar-refractivity contribution in [2.45, 2.75) is 45.1 Å². The van der Waals surface area contributed by atoms with Crippen molar-refractivity contribution in [1.29, 1.82) is 0 Å². The highest BCUT2D eigenvalue weighted by atomic mass is 32.2. The van der Waals surface area contributed by atoms with Crippen molar-refractivity contribution in [2.75, 3.05) is 19.6 Å². The minimum Gasteiger partial charge on any atom is -0.303 e. The molecule has 2 heterocycles. The van der Waals surface area contributed by atoms with Gasteiger partial charge >= 0.3 is 0 Å². The Hall–Kier alpha value is -0.460. The molecular weight excluding hydrogens is 252 g/mol. The van der Waals surface area contributed by atoms with Crippen LogP contribution in [0.3, 0.4) is 0 Å². The van der Waals surface area contributed by atoms with Crippen LogP contribution in [0.2, 0.25) is 0 Å². The summed E-state index contributed by atoms with van der Waals surface area (Å²) in [4.78, 5) is 10.7. The van der Waals surface area contributed by atoms with Crippen LogP contribution < -0.4 is 0 Å². The smallest absolute Gasteiger partial charge is 0.282 e. The summed E-state index contributed by atoms with van der Waals surface area (Å²) < 4.78 is 28.2. The van der Waals surface area contributed by atoms with Crippen LogP contribution in [-0.4, -0.2) is 49.0 Å². The summed E-state index contributed by atoms with van der Waals surface area (Å²) in [6.45, 7) is 3.58. The standard InChI is InChI=1S/C12H22N2O3S/c1-11-4-2-3-7-14(11)18(16,17)13-8-5-12(10-15)6-9-13/h10-12H,2-9H2,1H3. The van der Waals surface area contributed by atoms with Gasteiger partial charge in [0.2, 0.25) is 0 Å². The Labute approximate surface area is 109 Å². The molecule has 0 N–H and O–H groups in total. The zero-order chi connectivity index (χ0) is 13.2. The summed E-state index contributed by atoms with van der Waals surface area (Å²) >= 11 is 0. The largest absolute Gasteiger partial charge is 0.303 e. The zero-order valence-corrected chi connectivity index (χ0v) is 11.7. The van der Waals surface area contributed by atoms with E-state index in [1.165, 1.54) is 0 Å². The number of hydrogen-bond donors (Lipinski definition) is 0. The third-order valence-electron chi connectivity index (χ3n) is 4.06. The molecule has 0 aromatic carbocycles. The molecule has 0 radical (unpaired) electrons. The fourth-order valence-electron chi connectivity index (χ4n) is 2.81. The summed E-state index contributed by atoms with van der Waals surface area (Å²) in [5.74, 6) is 0.0372. The number of hydrogen-bond acceptors (Lipinski definition) is 3. The summed E-state index contributed by atoms with van der Waals surface area (Å²) in [6.07, 6.45) is 5.28. The fraction of sp³-hybridized carbons (Fsp3) is 0.917. The minimum atomic E-state index is -3.32. The molecule has 1 unspecified atom stereocenters. The molecule has 2 rings (SSSR count). The Kier molecular flexibility index (Phi) is 4.40. The molecule has 0 aliphatic carbocycles. The predicted molar refractivity (Wildman–Crippen MR) is 69.3 cm³/mol. The second-order valence-electron chi connectivity index (χ2n) is 5.34. The second kappa shape index (κ2) is 5.67. The van der Waals surface area contributed by atoms with Crippen LogP contribution in [0.1, 0.15) is 39.0 Å². The first kappa shape index (κ1) is 14.0. The van der Waals surface area contributed by atoms with Crippen molar-refractivity contribution in [1.82, 2.24) is 8.61 Å². The highest BCUT2D eigenvalue weighted by Crippen LogP contribution is 2.25. The van der Waals surface area contributed by atoms with Crippen LogP contribution in [0.4, 0.5) is 0 Å². The van der Waals surface area contributed by atoms with Gasteiger partial charge in [-0.05, 0) is 32.6 Å². The molecule has 18 heavy (non-hydrogen) atoms. The van der Waals surface area contributed by atoms with E-state index in [0.29, 0.717) is 32.5 Å². The van der Waals surface area contributed by atoms with Gasteiger partial charge in [-0.3, -0.25) is 0 Å². The van der Waals surface area contributed by atoms with Gasteiger partial charge in [0.1, 0.15) is 6.29 Å². The van der Waals surface area contributed by atoms with Gasteiger partial charge < -0.3 is 4.79 Å². The van der Waals surface area contributed by atoms with Gasteiger partial charge in [-0.1, -0.05) is 6.42 Å². The van der Waals surface area contributed by atoms with E-state index >= 15 is 0 Å². The Morgan fingerprint density at radius 3 is 2.28 bits per heavy atom. The molecule has 0 amide bonds. The summed E-state index contributed by atoms with van der Waals surface area (Å²) in [5, 5.41) is 0. The van der Waals surface area contributed by atoms with Crippen molar-refractivity contribution >= 4 is 16.5 Å². The molecule has 0 bridgehead atoms. The van der Waals surface area contributed by atoms with E-state index in [1.54, 1.807) is 8.61 Å². The predicted octanol–water partition coefficient (Wildman–Crippen LogP) is 1.02. The van der Waals surface area contributed by atoms with Gasteiger partial charge in [-0.2, -0.15) is 17.0 Å². The molecule has 5 nitrogen and oxygen atoms in total. The molecule has 2 aliphatic rings. The topological polar surface area (TPSA) is 57.7 Å². The van der Waals surface area contributed by atoms with E-state index in [4.69, 9.17) is 0 Å². The van der Waals surface area contributed by atoms with Gasteiger partial charge in [-0.25, -0.2) is 0 Å². The minimum absolute atomic E-state index is 0.0372. The van der Waals surface area contributed by atoms with Crippen LogP contribution in [0, 0.1) is 5.92 Å². The maximum Gasteiger partial charge on any atom is 0.282 e. The molecule has 1 atom stereocenters. The maximum absolute atomic E-state index is 12.5. The normalized spacial score (nSPS) is 29.3. The molecule has 6 heteroatoms. The van der Waals surface area contributed by atoms with Crippen LogP contribution in [0.25, 0.3) is 0 Å². The Morgan fingerprint density at radius 2 is 1.72 bits per heavy atom. The molecule has 104 valence electrons. The van der Waals surface area contributed by atoms with Gasteiger partial charge in [0.05, 0.1) is 0 Å². The molecular formula is C12H22N2O3S. The van der Waals surface area contributed by atoms with Gasteiger partial charge in [0.25, 0.3) is 10.2 Å². The van der Waals surface area contributed by atoms with E-state index < -0.39 is 10.2 Å². The zero-order valence-electron chi connectivity index (χ0n) is 10.9. The first-order chi connectivity index (χ1) is 8.55. The lowest BCUT2D eigenvalue weighted by Gasteiger charge is -2.38. The van der Waals surface area contributed by atoms with Gasteiger partial charge in [0, 0.05) is 31.6 Å². The lowest BCUT2D eigenvalue weighted by molar-refractivity contribution is -0.112.